The molecule has 0 bridgehead atoms. The second kappa shape index (κ2) is 6.55. The Kier molecular flexibility index (Phi) is 4.62. The Morgan fingerprint density at radius 1 is 1.42 bits per heavy atom. The summed E-state index contributed by atoms with van der Waals surface area (Å²) in [6.07, 6.45) is 6.55. The highest BCUT2D eigenvalue weighted by Gasteiger charge is 2.44. The minimum absolute atomic E-state index is 0.0528. The van der Waals surface area contributed by atoms with E-state index in [0.29, 0.717) is 18.3 Å². The van der Waals surface area contributed by atoms with Gasteiger partial charge in [0.15, 0.2) is 5.82 Å². The van der Waals surface area contributed by atoms with Crippen LogP contribution in [0.15, 0.2) is 6.07 Å². The smallest absolute Gasteiger partial charge is 0.315 e. The largest absolute Gasteiger partial charge is 0.396 e. The number of amides is 2. The number of anilines is 1. The van der Waals surface area contributed by atoms with E-state index in [0.717, 1.165) is 31.4 Å². The first-order chi connectivity index (χ1) is 11.4. The number of aliphatic hydroxyl groups is 1. The fraction of sp³-hybridized carbons (Fsp3) is 0.706. The van der Waals surface area contributed by atoms with Gasteiger partial charge in [-0.15, -0.1) is 0 Å². The van der Waals surface area contributed by atoms with Gasteiger partial charge in [-0.05, 0) is 25.7 Å². The molecule has 132 valence electrons. The number of hydrogen-bond acceptors (Lipinski definition) is 4. The zero-order valence-electron chi connectivity index (χ0n) is 14.4. The van der Waals surface area contributed by atoms with E-state index >= 15 is 0 Å². The normalized spacial score (nSPS) is 19.3. The Bertz CT molecular complexity index is 630. The molecule has 2 amide bonds. The van der Waals surface area contributed by atoms with Crippen LogP contribution in [0.5, 0.6) is 0 Å². The van der Waals surface area contributed by atoms with Crippen molar-refractivity contribution in [3.05, 3.63) is 11.8 Å². The Balaban J connectivity index is 1.59. The van der Waals surface area contributed by atoms with Gasteiger partial charge in [0.2, 0.25) is 0 Å². The molecule has 1 heterocycles. The van der Waals surface area contributed by atoms with E-state index in [1.807, 2.05) is 13.1 Å². The molecule has 24 heavy (non-hydrogen) atoms. The molecule has 0 aliphatic heterocycles. The monoisotopic (exact) mass is 334 g/mol. The minimum Gasteiger partial charge on any atom is -0.396 e. The van der Waals surface area contributed by atoms with E-state index in [1.165, 1.54) is 17.7 Å². The van der Waals surface area contributed by atoms with Crippen molar-refractivity contribution >= 4 is 17.6 Å². The number of aryl methyl sites for hydroxylation is 1. The van der Waals surface area contributed by atoms with Gasteiger partial charge in [-0.1, -0.05) is 12.8 Å². The summed E-state index contributed by atoms with van der Waals surface area (Å²) in [4.78, 5) is 25.8. The number of hydrogen-bond donors (Lipinski definition) is 2. The first-order valence-corrected chi connectivity index (χ1v) is 8.65. The predicted octanol–water partition coefficient (Wildman–Crippen LogP) is 1.25. The topological polar surface area (TPSA) is 87.5 Å². The standard InChI is InChI=1S/C17H26N4O3/c1-20(10-17(11-22)7-8-17)16(24)15(23)18-14-9-13(21(2)19-14)12-5-3-4-6-12/h9,12,22H,3-8,10-11H2,1-2H3,(H,18,19,23). The SMILES string of the molecule is CN(CC1(CO)CC1)C(=O)C(=O)Nc1cc(C2CCCC2)n(C)n1. The fourth-order valence-electron chi connectivity index (χ4n) is 3.61. The number of rotatable bonds is 5. The summed E-state index contributed by atoms with van der Waals surface area (Å²) < 4.78 is 1.80. The first kappa shape index (κ1) is 17.0. The Morgan fingerprint density at radius 2 is 2.08 bits per heavy atom. The van der Waals surface area contributed by atoms with Gasteiger partial charge < -0.3 is 15.3 Å². The minimum atomic E-state index is -0.678. The lowest BCUT2D eigenvalue weighted by Gasteiger charge is -2.21. The third kappa shape index (κ3) is 3.45. The highest BCUT2D eigenvalue weighted by atomic mass is 16.3. The molecule has 1 aromatic heterocycles. The van der Waals surface area contributed by atoms with E-state index in [-0.39, 0.29) is 12.0 Å². The molecule has 2 saturated carbocycles. The third-order valence-corrected chi connectivity index (χ3v) is 5.34. The molecular formula is C17H26N4O3. The van der Waals surface area contributed by atoms with Crippen molar-refractivity contribution in [1.82, 2.24) is 14.7 Å². The zero-order valence-corrected chi connectivity index (χ0v) is 14.4. The van der Waals surface area contributed by atoms with E-state index < -0.39 is 11.8 Å². The number of carbonyl (C=O) groups excluding carboxylic acids is 2. The molecule has 2 N–H and O–H groups in total. The van der Waals surface area contributed by atoms with Gasteiger partial charge in [0, 0.05) is 43.7 Å². The average Bonchev–Trinajstić information content (AvgIpc) is 2.96. The molecule has 2 aliphatic carbocycles. The molecule has 0 spiro atoms. The number of aromatic nitrogens is 2. The van der Waals surface area contributed by atoms with Crippen LogP contribution in [-0.2, 0) is 16.6 Å². The van der Waals surface area contributed by atoms with Gasteiger partial charge in [0.1, 0.15) is 0 Å². The fourth-order valence-corrected chi connectivity index (χ4v) is 3.61. The second-order valence-electron chi connectivity index (χ2n) is 7.33. The first-order valence-electron chi connectivity index (χ1n) is 8.65. The molecule has 2 fully saturated rings. The summed E-state index contributed by atoms with van der Waals surface area (Å²) in [5, 5.41) is 16.3. The summed E-state index contributed by atoms with van der Waals surface area (Å²) in [7, 11) is 3.47. The van der Waals surface area contributed by atoms with Crippen molar-refractivity contribution < 1.29 is 14.7 Å². The molecule has 0 atom stereocenters. The van der Waals surface area contributed by atoms with E-state index in [9.17, 15) is 14.7 Å². The zero-order chi connectivity index (χ0) is 17.3. The summed E-state index contributed by atoms with van der Waals surface area (Å²) >= 11 is 0. The van der Waals surface area contributed by atoms with E-state index in [4.69, 9.17) is 0 Å². The average molecular weight is 334 g/mol. The molecule has 0 unspecified atom stereocenters. The van der Waals surface area contributed by atoms with Gasteiger partial charge in [-0.3, -0.25) is 14.3 Å². The predicted molar refractivity (Wildman–Crippen MR) is 89.4 cm³/mol. The molecule has 0 saturated heterocycles. The summed E-state index contributed by atoms with van der Waals surface area (Å²) in [5.74, 6) is -0.356. The molecule has 3 rings (SSSR count). The van der Waals surface area contributed by atoms with Crippen LogP contribution in [0.1, 0.15) is 50.1 Å². The van der Waals surface area contributed by atoms with Crippen LogP contribution in [0, 0.1) is 5.41 Å². The Hall–Kier alpha value is -1.89. The van der Waals surface area contributed by atoms with Crippen molar-refractivity contribution in [3.63, 3.8) is 0 Å². The number of nitrogens with zero attached hydrogens (tertiary/aromatic N) is 3. The number of likely N-dealkylation sites (N-methyl/N-ethyl adjacent to an activating group) is 1. The lowest BCUT2D eigenvalue weighted by molar-refractivity contribution is -0.142. The van der Waals surface area contributed by atoms with Crippen molar-refractivity contribution in [2.45, 2.75) is 44.4 Å². The quantitative estimate of drug-likeness (QED) is 0.793. The maximum Gasteiger partial charge on any atom is 0.315 e. The van der Waals surface area contributed by atoms with Crippen LogP contribution in [0.4, 0.5) is 5.82 Å². The van der Waals surface area contributed by atoms with E-state index in [1.54, 1.807) is 11.7 Å². The molecule has 1 aromatic rings. The van der Waals surface area contributed by atoms with Gasteiger partial charge >= 0.3 is 11.8 Å². The lowest BCUT2D eigenvalue weighted by Crippen LogP contribution is -2.41. The number of carbonyl (C=O) groups is 2. The highest BCUT2D eigenvalue weighted by molar-refractivity contribution is 6.39. The van der Waals surface area contributed by atoms with Crippen molar-refractivity contribution in [1.29, 1.82) is 0 Å². The van der Waals surface area contributed by atoms with Crippen molar-refractivity contribution in [3.8, 4) is 0 Å². The van der Waals surface area contributed by atoms with Crippen LogP contribution in [0.3, 0.4) is 0 Å². The maximum atomic E-state index is 12.2. The molecule has 0 radical (unpaired) electrons. The van der Waals surface area contributed by atoms with Crippen molar-refractivity contribution in [2.75, 3.05) is 25.5 Å². The van der Waals surface area contributed by atoms with Crippen molar-refractivity contribution in [2.24, 2.45) is 12.5 Å². The third-order valence-electron chi connectivity index (χ3n) is 5.34. The number of aliphatic hydroxyl groups excluding tert-OH is 1. The van der Waals surface area contributed by atoms with Crippen LogP contribution in [-0.4, -0.2) is 51.8 Å². The van der Waals surface area contributed by atoms with Gasteiger partial charge in [0.05, 0.1) is 6.61 Å². The molecule has 7 heteroatoms. The Morgan fingerprint density at radius 3 is 2.67 bits per heavy atom. The highest BCUT2D eigenvalue weighted by Crippen LogP contribution is 2.45. The Labute approximate surface area is 142 Å². The van der Waals surface area contributed by atoms with Gasteiger partial charge in [-0.2, -0.15) is 5.10 Å². The summed E-state index contributed by atoms with van der Waals surface area (Å²) in [5.41, 5.74) is 0.909. The van der Waals surface area contributed by atoms with Gasteiger partial charge in [0.25, 0.3) is 0 Å². The van der Waals surface area contributed by atoms with Gasteiger partial charge in [-0.25, -0.2) is 0 Å². The van der Waals surface area contributed by atoms with Crippen LogP contribution < -0.4 is 5.32 Å². The maximum absolute atomic E-state index is 12.2. The molecule has 0 aromatic carbocycles. The number of nitrogens with one attached hydrogen (secondary N) is 1. The van der Waals surface area contributed by atoms with Crippen LogP contribution in [0.2, 0.25) is 0 Å². The molecule has 7 nitrogen and oxygen atoms in total. The summed E-state index contributed by atoms with van der Waals surface area (Å²) in [6.45, 7) is 0.461. The lowest BCUT2D eigenvalue weighted by atomic mass is 10.0. The van der Waals surface area contributed by atoms with E-state index in [2.05, 4.69) is 10.4 Å². The van der Waals surface area contributed by atoms with Crippen LogP contribution in [0.25, 0.3) is 0 Å². The molecule has 2 aliphatic rings. The van der Waals surface area contributed by atoms with Crippen LogP contribution >= 0.6 is 0 Å². The molecular weight excluding hydrogens is 308 g/mol. The second-order valence-corrected chi connectivity index (χ2v) is 7.33. The summed E-state index contributed by atoms with van der Waals surface area (Å²) in [6, 6.07) is 1.87.